The summed E-state index contributed by atoms with van der Waals surface area (Å²) in [6.07, 6.45) is 5.51. The zero-order valence-corrected chi connectivity index (χ0v) is 10.6. The molecule has 4 rings (SSSR count). The van der Waals surface area contributed by atoms with Gasteiger partial charge in [-0.25, -0.2) is 0 Å². The van der Waals surface area contributed by atoms with E-state index in [4.69, 9.17) is 4.74 Å². The van der Waals surface area contributed by atoms with Crippen molar-refractivity contribution in [3.63, 3.8) is 0 Å². The van der Waals surface area contributed by atoms with Gasteiger partial charge in [0.2, 0.25) is 0 Å². The third-order valence-electron chi connectivity index (χ3n) is 4.71. The van der Waals surface area contributed by atoms with Gasteiger partial charge in [-0.15, -0.1) is 0 Å². The van der Waals surface area contributed by atoms with Crippen LogP contribution in [0.1, 0.15) is 24.0 Å². The van der Waals surface area contributed by atoms with Gasteiger partial charge in [-0.1, -0.05) is 12.1 Å². The molecule has 2 aliphatic rings. The predicted octanol–water partition coefficient (Wildman–Crippen LogP) is 2.32. The number of methoxy groups -OCH3 is 1. The first-order valence-electron chi connectivity index (χ1n) is 6.73. The molecule has 1 aromatic heterocycles. The molecule has 0 amide bonds. The smallest absolute Gasteiger partial charge is 0.109 e. The molecule has 2 atom stereocenters. The van der Waals surface area contributed by atoms with Crippen molar-refractivity contribution in [2.45, 2.75) is 30.9 Å². The number of aromatic amines is 1. The lowest BCUT2D eigenvalue weighted by Crippen LogP contribution is -2.56. The quantitative estimate of drug-likeness (QED) is 0.805. The highest BCUT2D eigenvalue weighted by Gasteiger charge is 2.46. The zero-order chi connectivity index (χ0) is 12.2. The Kier molecular flexibility index (Phi) is 2.11. The summed E-state index contributed by atoms with van der Waals surface area (Å²) in [4.78, 5) is 3.39. The number of rotatable bonds is 1. The van der Waals surface area contributed by atoms with E-state index in [1.165, 1.54) is 28.5 Å². The largest absolute Gasteiger partial charge is 0.372 e. The van der Waals surface area contributed by atoms with E-state index < -0.39 is 0 Å². The van der Waals surface area contributed by atoms with Crippen LogP contribution in [0.15, 0.2) is 24.4 Å². The van der Waals surface area contributed by atoms with Crippen molar-refractivity contribution in [2.24, 2.45) is 0 Å². The summed E-state index contributed by atoms with van der Waals surface area (Å²) in [7, 11) is 1.86. The Hall–Kier alpha value is -1.32. The Bertz CT molecular complexity index is 604. The first-order chi connectivity index (χ1) is 8.85. The second kappa shape index (κ2) is 3.59. The monoisotopic (exact) mass is 242 g/mol. The Balaban J connectivity index is 2.03. The van der Waals surface area contributed by atoms with Gasteiger partial charge in [0.15, 0.2) is 0 Å². The van der Waals surface area contributed by atoms with Crippen LogP contribution in [-0.4, -0.2) is 24.7 Å². The first kappa shape index (κ1) is 10.6. The third kappa shape index (κ3) is 1.16. The van der Waals surface area contributed by atoms with Gasteiger partial charge < -0.3 is 15.0 Å². The number of aromatic nitrogens is 1. The fourth-order valence-electron chi connectivity index (χ4n) is 3.87. The normalized spacial score (nSPS) is 30.4. The van der Waals surface area contributed by atoms with Crippen molar-refractivity contribution in [1.29, 1.82) is 0 Å². The van der Waals surface area contributed by atoms with Crippen LogP contribution in [0.25, 0.3) is 10.9 Å². The lowest BCUT2D eigenvalue weighted by molar-refractivity contribution is -0.0681. The molecule has 2 aromatic rings. The third-order valence-corrected chi connectivity index (χ3v) is 4.71. The molecular formula is C15H18N2O. The second-order valence-electron chi connectivity index (χ2n) is 5.45. The molecule has 1 aliphatic carbocycles. The van der Waals surface area contributed by atoms with E-state index in [9.17, 15) is 0 Å². The topological polar surface area (TPSA) is 37.0 Å². The van der Waals surface area contributed by atoms with Gasteiger partial charge >= 0.3 is 0 Å². The molecule has 1 saturated heterocycles. The number of ether oxygens (including phenoxy) is 1. The number of H-pyrrole nitrogens is 1. The number of fused-ring (bicyclic) bond motifs is 2. The molecule has 0 bridgehead atoms. The summed E-state index contributed by atoms with van der Waals surface area (Å²) in [5.74, 6) is 0. The number of hydrogen-bond acceptors (Lipinski definition) is 2. The molecule has 0 unspecified atom stereocenters. The van der Waals surface area contributed by atoms with Crippen LogP contribution >= 0.6 is 0 Å². The minimum Gasteiger partial charge on any atom is -0.372 e. The summed E-state index contributed by atoms with van der Waals surface area (Å²) in [6, 6.07) is 6.94. The van der Waals surface area contributed by atoms with Crippen molar-refractivity contribution in [3.05, 3.63) is 35.5 Å². The maximum absolute atomic E-state index is 6.02. The maximum atomic E-state index is 6.02. The van der Waals surface area contributed by atoms with Gasteiger partial charge in [0, 0.05) is 30.3 Å². The van der Waals surface area contributed by atoms with Gasteiger partial charge in [-0.05, 0) is 43.0 Å². The van der Waals surface area contributed by atoms with Crippen molar-refractivity contribution in [3.8, 4) is 0 Å². The van der Waals surface area contributed by atoms with Crippen LogP contribution in [-0.2, 0) is 16.8 Å². The van der Waals surface area contributed by atoms with Crippen LogP contribution in [0.3, 0.4) is 0 Å². The molecule has 2 heterocycles. The van der Waals surface area contributed by atoms with E-state index in [1.54, 1.807) is 0 Å². The van der Waals surface area contributed by atoms with Crippen LogP contribution in [0.2, 0.25) is 0 Å². The summed E-state index contributed by atoms with van der Waals surface area (Å²) >= 11 is 0. The predicted molar refractivity (Wildman–Crippen MR) is 71.7 cm³/mol. The fraction of sp³-hybridized carbons (Fsp3) is 0.467. The van der Waals surface area contributed by atoms with Gasteiger partial charge in [0.1, 0.15) is 5.60 Å². The molecule has 0 saturated carbocycles. The van der Waals surface area contributed by atoms with Gasteiger partial charge in [-0.3, -0.25) is 0 Å². The van der Waals surface area contributed by atoms with Crippen LogP contribution in [0, 0.1) is 0 Å². The summed E-state index contributed by atoms with van der Waals surface area (Å²) in [5, 5.41) is 5.04. The summed E-state index contributed by atoms with van der Waals surface area (Å²) < 4.78 is 6.02. The van der Waals surface area contributed by atoms with Gasteiger partial charge in [0.25, 0.3) is 0 Å². The molecule has 3 heteroatoms. The standard InChI is InChI=1S/C15H18N2O/c1-18-15-6-3-7-16-13(15)8-10-9-17-12-5-2-4-11(15)14(10)12/h2,4-5,9,13,16-17H,3,6-8H2,1H3/t13-,15+/m1/s1. The lowest BCUT2D eigenvalue weighted by Gasteiger charge is -2.46. The minimum atomic E-state index is -0.132. The average Bonchev–Trinajstić information content (AvgIpc) is 2.84. The number of piperidine rings is 1. The molecule has 0 spiro atoms. The van der Waals surface area contributed by atoms with Crippen LogP contribution in [0.4, 0.5) is 0 Å². The van der Waals surface area contributed by atoms with E-state index in [-0.39, 0.29) is 5.60 Å². The molecule has 0 radical (unpaired) electrons. The van der Waals surface area contributed by atoms with E-state index >= 15 is 0 Å². The number of hydrogen-bond donors (Lipinski definition) is 2. The minimum absolute atomic E-state index is 0.132. The Morgan fingerprint density at radius 2 is 2.33 bits per heavy atom. The Morgan fingerprint density at radius 3 is 3.22 bits per heavy atom. The first-order valence-corrected chi connectivity index (χ1v) is 6.73. The average molecular weight is 242 g/mol. The molecule has 18 heavy (non-hydrogen) atoms. The lowest BCUT2D eigenvalue weighted by atomic mass is 9.72. The molecular weight excluding hydrogens is 224 g/mol. The molecule has 94 valence electrons. The summed E-state index contributed by atoms with van der Waals surface area (Å²) in [5.41, 5.74) is 3.89. The van der Waals surface area contributed by atoms with E-state index in [2.05, 4.69) is 34.7 Å². The van der Waals surface area contributed by atoms with Crippen molar-refractivity contribution >= 4 is 10.9 Å². The molecule has 2 N–H and O–H groups in total. The van der Waals surface area contributed by atoms with E-state index in [1.807, 2.05) is 7.11 Å². The van der Waals surface area contributed by atoms with Crippen molar-refractivity contribution < 1.29 is 4.74 Å². The second-order valence-corrected chi connectivity index (χ2v) is 5.45. The zero-order valence-electron chi connectivity index (χ0n) is 10.6. The van der Waals surface area contributed by atoms with Gasteiger partial charge in [-0.2, -0.15) is 0 Å². The van der Waals surface area contributed by atoms with E-state index in [0.717, 1.165) is 19.4 Å². The SMILES string of the molecule is CO[C@]12CCCN[C@@H]1Cc1c[nH]c3cccc2c13. The van der Waals surface area contributed by atoms with E-state index in [0.29, 0.717) is 6.04 Å². The number of nitrogens with one attached hydrogen (secondary N) is 2. The van der Waals surface area contributed by atoms with Crippen LogP contribution in [0.5, 0.6) is 0 Å². The highest BCUT2D eigenvalue weighted by Crippen LogP contribution is 2.45. The van der Waals surface area contributed by atoms with Crippen LogP contribution < -0.4 is 5.32 Å². The fourth-order valence-corrected chi connectivity index (χ4v) is 3.87. The Morgan fingerprint density at radius 1 is 1.39 bits per heavy atom. The maximum Gasteiger partial charge on any atom is 0.109 e. The Labute approximate surface area is 107 Å². The number of benzene rings is 1. The summed E-state index contributed by atoms with van der Waals surface area (Å²) in [6.45, 7) is 1.10. The highest BCUT2D eigenvalue weighted by atomic mass is 16.5. The molecule has 3 nitrogen and oxygen atoms in total. The molecule has 1 aliphatic heterocycles. The van der Waals surface area contributed by atoms with Gasteiger partial charge in [0.05, 0.1) is 0 Å². The highest BCUT2D eigenvalue weighted by molar-refractivity contribution is 5.88. The van der Waals surface area contributed by atoms with Crippen molar-refractivity contribution in [1.82, 2.24) is 10.3 Å². The molecule has 1 aromatic carbocycles. The molecule has 1 fully saturated rings. The van der Waals surface area contributed by atoms with Crippen molar-refractivity contribution in [2.75, 3.05) is 13.7 Å².